The van der Waals surface area contributed by atoms with Crippen LogP contribution in [0.4, 0.5) is 11.4 Å². The second-order valence-electron chi connectivity index (χ2n) is 6.33. The van der Waals surface area contributed by atoms with E-state index in [1.54, 1.807) is 0 Å². The predicted molar refractivity (Wildman–Crippen MR) is 110 cm³/mol. The van der Waals surface area contributed by atoms with E-state index in [0.717, 1.165) is 10.6 Å². The molecule has 14 heteroatoms. The minimum Gasteiger partial charge on any atom is -0.493 e. The molecule has 2 rings (SSSR count). The third-order valence-corrected chi connectivity index (χ3v) is 6.24. The molecular weight excluding hydrogens is 458 g/mol. The molecule has 0 saturated carbocycles. The van der Waals surface area contributed by atoms with Crippen LogP contribution in [-0.2, 0) is 32.5 Å². The summed E-state index contributed by atoms with van der Waals surface area (Å²) in [7, 11) is -9.00. The number of hydrogen-bond acceptors (Lipinski definition) is 9. The van der Waals surface area contributed by atoms with Crippen molar-refractivity contribution >= 4 is 44.2 Å². The normalized spacial score (nSPS) is 12.6. The first kappa shape index (κ1) is 24.0. The molecule has 1 aromatic heterocycles. The third-order valence-electron chi connectivity index (χ3n) is 4.23. The van der Waals surface area contributed by atoms with Crippen LogP contribution in [0.1, 0.15) is 23.6 Å². The molecule has 2 aromatic rings. The molecule has 0 amide bonds. The Kier molecular flexibility index (Phi) is 6.78. The fraction of sp³-hybridized carbons (Fsp3) is 0.312. The van der Waals surface area contributed by atoms with Gasteiger partial charge in [0.05, 0.1) is 10.6 Å². The molecule has 1 aromatic carbocycles. The lowest BCUT2D eigenvalue weighted by Gasteiger charge is -2.14. The zero-order valence-electron chi connectivity index (χ0n) is 16.1. The number of aryl methyl sites for hydroxylation is 1. The number of aromatic hydroxyl groups is 1. The van der Waals surface area contributed by atoms with Crippen LogP contribution in [0.15, 0.2) is 36.9 Å². The molecule has 0 saturated heterocycles. The van der Waals surface area contributed by atoms with Gasteiger partial charge in [-0.3, -0.25) is 18.5 Å². The van der Waals surface area contributed by atoms with Crippen molar-refractivity contribution in [3.63, 3.8) is 0 Å². The molecule has 0 aliphatic rings. The van der Waals surface area contributed by atoms with Crippen LogP contribution in [-0.4, -0.2) is 35.6 Å². The first-order chi connectivity index (χ1) is 13.7. The van der Waals surface area contributed by atoms with Gasteiger partial charge >= 0.3 is 0 Å². The first-order valence-corrected chi connectivity index (χ1v) is 11.8. The summed E-state index contributed by atoms with van der Waals surface area (Å²) in [5.74, 6) is -1.53. The van der Waals surface area contributed by atoms with Gasteiger partial charge < -0.3 is 5.11 Å². The van der Waals surface area contributed by atoms with Gasteiger partial charge in [0.15, 0.2) is 0 Å². The molecule has 30 heavy (non-hydrogen) atoms. The number of nitrogens with zero attached hydrogens (tertiary/aromatic N) is 3. The van der Waals surface area contributed by atoms with Gasteiger partial charge in [-0.2, -0.15) is 16.8 Å². The van der Waals surface area contributed by atoms with E-state index in [2.05, 4.69) is 22.9 Å². The van der Waals surface area contributed by atoms with E-state index in [9.17, 15) is 31.3 Å². The molecule has 0 spiro atoms. The van der Waals surface area contributed by atoms with Gasteiger partial charge in [0, 0.05) is 17.0 Å². The Balaban J connectivity index is 2.69. The molecule has 0 unspecified atom stereocenters. The Morgan fingerprint density at radius 3 is 2.20 bits per heavy atom. The molecule has 0 aliphatic carbocycles. The summed E-state index contributed by atoms with van der Waals surface area (Å²) in [6.07, 6.45) is 0. The monoisotopic (exact) mass is 477 g/mol. The van der Waals surface area contributed by atoms with E-state index in [-0.39, 0.29) is 44.4 Å². The van der Waals surface area contributed by atoms with Crippen LogP contribution in [0.5, 0.6) is 5.88 Å². The number of benzene rings is 1. The Bertz CT molecular complexity index is 1310. The van der Waals surface area contributed by atoms with Crippen LogP contribution in [0.2, 0.25) is 0 Å². The number of aromatic nitrogens is 1. The van der Waals surface area contributed by atoms with Crippen molar-refractivity contribution in [2.75, 3.05) is 0 Å². The highest BCUT2D eigenvalue weighted by Gasteiger charge is 2.22. The lowest BCUT2D eigenvalue weighted by atomic mass is 10.1. The van der Waals surface area contributed by atoms with E-state index in [1.807, 2.05) is 0 Å². The highest BCUT2D eigenvalue weighted by Crippen LogP contribution is 2.35. The largest absolute Gasteiger partial charge is 0.493 e. The van der Waals surface area contributed by atoms with Crippen LogP contribution in [0.25, 0.3) is 0 Å². The van der Waals surface area contributed by atoms with Crippen molar-refractivity contribution in [3.8, 4) is 5.88 Å². The van der Waals surface area contributed by atoms with Crippen molar-refractivity contribution in [2.24, 2.45) is 10.2 Å². The SMILES string of the molecule is CCn1c(O)c(N=Nc2cc(C)c(S(=O)(=O)O)cc2S)c(C)c(CS(=O)(=O)O)c1=O. The summed E-state index contributed by atoms with van der Waals surface area (Å²) in [5.41, 5.74) is -1.04. The molecule has 164 valence electrons. The van der Waals surface area contributed by atoms with Crippen LogP contribution in [0, 0.1) is 13.8 Å². The van der Waals surface area contributed by atoms with Crippen molar-refractivity contribution in [3.05, 3.63) is 39.2 Å². The van der Waals surface area contributed by atoms with Crippen LogP contribution in [0.3, 0.4) is 0 Å². The molecule has 0 radical (unpaired) electrons. The maximum absolute atomic E-state index is 12.4. The lowest BCUT2D eigenvalue weighted by molar-refractivity contribution is 0.411. The van der Waals surface area contributed by atoms with Gasteiger partial charge in [-0.05, 0) is 44.0 Å². The highest BCUT2D eigenvalue weighted by molar-refractivity contribution is 7.86. The number of rotatable bonds is 6. The smallest absolute Gasteiger partial charge is 0.294 e. The van der Waals surface area contributed by atoms with Gasteiger partial charge in [0.2, 0.25) is 5.88 Å². The molecule has 1 heterocycles. The fourth-order valence-electron chi connectivity index (χ4n) is 2.75. The van der Waals surface area contributed by atoms with Crippen molar-refractivity contribution in [1.29, 1.82) is 0 Å². The number of thiol groups is 1. The predicted octanol–water partition coefficient (Wildman–Crippen LogP) is 2.53. The zero-order chi connectivity index (χ0) is 23.0. The molecular formula is C16H19N3O8S3. The fourth-order valence-corrected chi connectivity index (χ4v) is 4.51. The summed E-state index contributed by atoms with van der Waals surface area (Å²) in [5, 5.41) is 18.2. The van der Waals surface area contributed by atoms with Gasteiger partial charge in [-0.15, -0.1) is 22.9 Å². The number of pyridine rings is 1. The van der Waals surface area contributed by atoms with E-state index < -0.39 is 37.4 Å². The number of azo groups is 1. The molecule has 0 bridgehead atoms. The van der Waals surface area contributed by atoms with Crippen LogP contribution >= 0.6 is 12.6 Å². The average Bonchev–Trinajstić information content (AvgIpc) is 2.59. The Hall–Kier alpha value is -2.26. The van der Waals surface area contributed by atoms with E-state index >= 15 is 0 Å². The lowest BCUT2D eigenvalue weighted by Crippen LogP contribution is -2.26. The highest BCUT2D eigenvalue weighted by atomic mass is 32.2. The Morgan fingerprint density at radius 2 is 1.70 bits per heavy atom. The minimum atomic E-state index is -4.53. The Labute approximate surface area is 178 Å². The van der Waals surface area contributed by atoms with E-state index in [1.165, 1.54) is 26.8 Å². The standard InChI is InChI=1S/C16H19N3O8S3/c1-4-19-15(20)10(7-29(22,23)24)9(3)14(16(19)21)18-17-11-5-8(2)13(6-12(11)28)30(25,26)27/h5-6,21,28H,4,7H2,1-3H3,(H,22,23,24)(H,25,26,27). The van der Waals surface area contributed by atoms with Crippen molar-refractivity contribution in [1.82, 2.24) is 4.57 Å². The van der Waals surface area contributed by atoms with Crippen molar-refractivity contribution in [2.45, 2.75) is 42.9 Å². The molecule has 0 fully saturated rings. The Morgan fingerprint density at radius 1 is 1.10 bits per heavy atom. The molecule has 11 nitrogen and oxygen atoms in total. The molecule has 0 atom stereocenters. The summed E-state index contributed by atoms with van der Waals surface area (Å²) in [4.78, 5) is 12.1. The van der Waals surface area contributed by atoms with E-state index in [0.29, 0.717) is 0 Å². The maximum atomic E-state index is 12.4. The van der Waals surface area contributed by atoms with Gasteiger partial charge in [0.25, 0.3) is 25.8 Å². The number of hydrogen-bond donors (Lipinski definition) is 4. The minimum absolute atomic E-state index is 0.00410. The van der Waals surface area contributed by atoms with Crippen molar-refractivity contribution < 1.29 is 31.0 Å². The summed E-state index contributed by atoms with van der Waals surface area (Å²) in [6.45, 7) is 4.29. The molecule has 0 aliphatic heterocycles. The second kappa shape index (κ2) is 8.47. The average molecular weight is 478 g/mol. The first-order valence-electron chi connectivity index (χ1n) is 8.30. The third kappa shape index (κ3) is 5.07. The van der Waals surface area contributed by atoms with Gasteiger partial charge in [-0.1, -0.05) is 0 Å². The second-order valence-corrected chi connectivity index (χ2v) is 9.66. The zero-order valence-corrected chi connectivity index (χ0v) is 18.6. The molecule has 3 N–H and O–H groups in total. The topological polar surface area (TPSA) is 176 Å². The maximum Gasteiger partial charge on any atom is 0.294 e. The van der Waals surface area contributed by atoms with Gasteiger partial charge in [-0.25, -0.2) is 0 Å². The summed E-state index contributed by atoms with van der Waals surface area (Å²) < 4.78 is 64.5. The van der Waals surface area contributed by atoms with Crippen LogP contribution < -0.4 is 5.56 Å². The van der Waals surface area contributed by atoms with E-state index in [4.69, 9.17) is 4.55 Å². The van der Waals surface area contributed by atoms with Gasteiger partial charge in [0.1, 0.15) is 11.4 Å². The summed E-state index contributed by atoms with van der Waals surface area (Å²) in [6, 6.07) is 2.36. The summed E-state index contributed by atoms with van der Waals surface area (Å²) >= 11 is 4.12. The quantitative estimate of drug-likeness (QED) is 0.279.